The van der Waals surface area contributed by atoms with Gasteiger partial charge in [0.15, 0.2) is 0 Å². The predicted octanol–water partition coefficient (Wildman–Crippen LogP) is 2.66. The monoisotopic (exact) mass is 262 g/mol. The maximum atomic E-state index is 5.30. The maximum absolute atomic E-state index is 5.30. The van der Waals surface area contributed by atoms with Gasteiger partial charge in [0.05, 0.1) is 7.11 Å². The van der Waals surface area contributed by atoms with E-state index in [1.807, 2.05) is 6.07 Å². The number of rotatable bonds is 6. The van der Waals surface area contributed by atoms with Crippen molar-refractivity contribution in [1.82, 2.24) is 10.2 Å². The first-order valence-electron chi connectivity index (χ1n) is 7.41. The second-order valence-corrected chi connectivity index (χ2v) is 5.28. The van der Waals surface area contributed by atoms with E-state index in [1.165, 1.54) is 31.4 Å². The summed E-state index contributed by atoms with van der Waals surface area (Å²) in [7, 11) is 1.73. The largest absolute Gasteiger partial charge is 0.497 e. The molecule has 1 atom stereocenters. The van der Waals surface area contributed by atoms with E-state index in [4.69, 9.17) is 4.74 Å². The third-order valence-corrected chi connectivity index (χ3v) is 3.90. The van der Waals surface area contributed by atoms with Gasteiger partial charge in [-0.05, 0) is 43.6 Å². The van der Waals surface area contributed by atoms with Gasteiger partial charge in [-0.1, -0.05) is 25.5 Å². The van der Waals surface area contributed by atoms with Crippen LogP contribution in [0.15, 0.2) is 24.3 Å². The highest BCUT2D eigenvalue weighted by Crippen LogP contribution is 2.21. The number of nitrogens with zero attached hydrogens (tertiary/aromatic N) is 1. The third-order valence-electron chi connectivity index (χ3n) is 3.90. The molecule has 0 aliphatic carbocycles. The molecule has 1 aromatic rings. The minimum Gasteiger partial charge on any atom is -0.497 e. The Kier molecular flexibility index (Phi) is 5.67. The Morgan fingerprint density at radius 1 is 1.37 bits per heavy atom. The van der Waals surface area contributed by atoms with E-state index in [0.717, 1.165) is 25.4 Å². The molecule has 1 fully saturated rings. The molecule has 3 heteroatoms. The lowest BCUT2D eigenvalue weighted by molar-refractivity contribution is 0.138. The van der Waals surface area contributed by atoms with Crippen LogP contribution < -0.4 is 10.1 Å². The quantitative estimate of drug-likeness (QED) is 0.853. The van der Waals surface area contributed by atoms with Crippen molar-refractivity contribution in [3.8, 4) is 5.75 Å². The highest BCUT2D eigenvalue weighted by atomic mass is 16.5. The topological polar surface area (TPSA) is 24.5 Å². The maximum Gasteiger partial charge on any atom is 0.119 e. The van der Waals surface area contributed by atoms with Gasteiger partial charge >= 0.3 is 0 Å². The number of nitrogens with one attached hydrogen (secondary N) is 1. The van der Waals surface area contributed by atoms with Crippen molar-refractivity contribution in [2.45, 2.75) is 38.8 Å². The zero-order valence-electron chi connectivity index (χ0n) is 12.2. The molecule has 1 N–H and O–H groups in total. The zero-order chi connectivity index (χ0) is 13.5. The number of hydrogen-bond donors (Lipinski definition) is 1. The van der Waals surface area contributed by atoms with Gasteiger partial charge in [-0.3, -0.25) is 4.90 Å². The summed E-state index contributed by atoms with van der Waals surface area (Å²) in [5, 5.41) is 3.49. The molecular formula is C16H26N2O. The van der Waals surface area contributed by atoms with Gasteiger partial charge in [0.25, 0.3) is 0 Å². The lowest BCUT2D eigenvalue weighted by atomic mass is 10.0. The first-order chi connectivity index (χ1) is 9.33. The van der Waals surface area contributed by atoms with Crippen LogP contribution in [0.3, 0.4) is 0 Å². The van der Waals surface area contributed by atoms with Crippen LogP contribution >= 0.6 is 0 Å². The van der Waals surface area contributed by atoms with Crippen LogP contribution in [0.2, 0.25) is 0 Å². The Morgan fingerprint density at radius 2 is 2.26 bits per heavy atom. The minimum atomic E-state index is 0.680. The summed E-state index contributed by atoms with van der Waals surface area (Å²) in [6.45, 7) is 6.60. The summed E-state index contributed by atoms with van der Waals surface area (Å²) in [5.74, 6) is 0.956. The van der Waals surface area contributed by atoms with Crippen LogP contribution in [0.4, 0.5) is 0 Å². The van der Waals surface area contributed by atoms with Gasteiger partial charge in [0.1, 0.15) is 5.75 Å². The van der Waals surface area contributed by atoms with Gasteiger partial charge < -0.3 is 10.1 Å². The summed E-state index contributed by atoms with van der Waals surface area (Å²) in [5.41, 5.74) is 1.35. The fourth-order valence-corrected chi connectivity index (χ4v) is 2.82. The average molecular weight is 262 g/mol. The summed E-state index contributed by atoms with van der Waals surface area (Å²) < 4.78 is 5.30. The molecule has 1 saturated heterocycles. The smallest absolute Gasteiger partial charge is 0.119 e. The number of ether oxygens (including phenoxy) is 1. The summed E-state index contributed by atoms with van der Waals surface area (Å²) in [6.07, 6.45) is 4.01. The van der Waals surface area contributed by atoms with Crippen LogP contribution in [0.5, 0.6) is 5.75 Å². The number of piperidine rings is 1. The Bertz CT molecular complexity index is 381. The third kappa shape index (κ3) is 4.22. The van der Waals surface area contributed by atoms with Gasteiger partial charge in [-0.15, -0.1) is 0 Å². The molecule has 0 spiro atoms. The molecule has 1 aliphatic heterocycles. The summed E-state index contributed by atoms with van der Waals surface area (Å²) in [4.78, 5) is 2.61. The molecule has 2 rings (SSSR count). The standard InChI is InChI=1S/C16H26N2O/c1-3-17-12-15-8-4-5-10-18(15)13-14-7-6-9-16(11-14)19-2/h6-7,9,11,15,17H,3-5,8,10,12-13H2,1-2H3. The Hall–Kier alpha value is -1.06. The molecule has 0 aromatic heterocycles. The lowest BCUT2D eigenvalue weighted by Gasteiger charge is -2.36. The molecule has 1 aliphatic rings. The van der Waals surface area contributed by atoms with Crippen molar-refractivity contribution in [2.24, 2.45) is 0 Å². The molecule has 0 radical (unpaired) electrons. The van der Waals surface area contributed by atoms with E-state index in [-0.39, 0.29) is 0 Å². The normalized spacial score (nSPS) is 20.4. The Morgan fingerprint density at radius 3 is 3.05 bits per heavy atom. The first kappa shape index (κ1) is 14.4. The fraction of sp³-hybridized carbons (Fsp3) is 0.625. The van der Waals surface area contributed by atoms with Crippen LogP contribution in [0.25, 0.3) is 0 Å². The Labute approximate surface area is 116 Å². The van der Waals surface area contributed by atoms with Gasteiger partial charge in [0, 0.05) is 19.1 Å². The number of likely N-dealkylation sites (N-methyl/N-ethyl adjacent to an activating group) is 1. The van der Waals surface area contributed by atoms with Crippen LogP contribution in [-0.4, -0.2) is 37.7 Å². The van der Waals surface area contributed by atoms with Gasteiger partial charge in [-0.2, -0.15) is 0 Å². The first-order valence-corrected chi connectivity index (χ1v) is 7.41. The summed E-state index contributed by atoms with van der Waals surface area (Å²) in [6, 6.07) is 9.12. The van der Waals surface area contributed by atoms with Gasteiger partial charge in [0.2, 0.25) is 0 Å². The van der Waals surface area contributed by atoms with E-state index in [1.54, 1.807) is 7.11 Å². The van der Waals surface area contributed by atoms with Crippen LogP contribution in [-0.2, 0) is 6.54 Å². The molecule has 3 nitrogen and oxygen atoms in total. The predicted molar refractivity (Wildman–Crippen MR) is 79.6 cm³/mol. The Balaban J connectivity index is 1.97. The average Bonchev–Trinajstić information content (AvgIpc) is 2.46. The van der Waals surface area contributed by atoms with Crippen molar-refractivity contribution in [3.05, 3.63) is 29.8 Å². The van der Waals surface area contributed by atoms with E-state index in [2.05, 4.69) is 35.3 Å². The summed E-state index contributed by atoms with van der Waals surface area (Å²) >= 11 is 0. The molecule has 0 saturated carbocycles. The molecule has 1 heterocycles. The fourth-order valence-electron chi connectivity index (χ4n) is 2.82. The highest BCUT2D eigenvalue weighted by Gasteiger charge is 2.21. The number of methoxy groups -OCH3 is 1. The second kappa shape index (κ2) is 7.51. The zero-order valence-corrected chi connectivity index (χ0v) is 12.2. The molecular weight excluding hydrogens is 236 g/mol. The van der Waals surface area contributed by atoms with Crippen molar-refractivity contribution in [3.63, 3.8) is 0 Å². The number of benzene rings is 1. The van der Waals surface area contributed by atoms with Crippen molar-refractivity contribution >= 4 is 0 Å². The van der Waals surface area contributed by atoms with Crippen LogP contribution in [0, 0.1) is 0 Å². The van der Waals surface area contributed by atoms with E-state index >= 15 is 0 Å². The van der Waals surface area contributed by atoms with Crippen molar-refractivity contribution < 1.29 is 4.74 Å². The minimum absolute atomic E-state index is 0.680. The van der Waals surface area contributed by atoms with Crippen molar-refractivity contribution in [1.29, 1.82) is 0 Å². The number of likely N-dealkylation sites (tertiary alicyclic amines) is 1. The van der Waals surface area contributed by atoms with E-state index in [0.29, 0.717) is 6.04 Å². The highest BCUT2D eigenvalue weighted by molar-refractivity contribution is 5.28. The lowest BCUT2D eigenvalue weighted by Crippen LogP contribution is -2.44. The molecule has 0 bridgehead atoms. The van der Waals surface area contributed by atoms with Crippen molar-refractivity contribution in [2.75, 3.05) is 26.7 Å². The molecule has 1 unspecified atom stereocenters. The second-order valence-electron chi connectivity index (χ2n) is 5.28. The molecule has 0 amide bonds. The SMILES string of the molecule is CCNCC1CCCCN1Cc1cccc(OC)c1. The van der Waals surface area contributed by atoms with Gasteiger partial charge in [-0.25, -0.2) is 0 Å². The molecule has 1 aromatic carbocycles. The number of hydrogen-bond acceptors (Lipinski definition) is 3. The van der Waals surface area contributed by atoms with E-state index < -0.39 is 0 Å². The van der Waals surface area contributed by atoms with Crippen LogP contribution in [0.1, 0.15) is 31.7 Å². The molecule has 19 heavy (non-hydrogen) atoms. The molecule has 106 valence electrons. The van der Waals surface area contributed by atoms with E-state index in [9.17, 15) is 0 Å².